The maximum atomic E-state index is 14.3. The molecule has 6 heteroatoms. The van der Waals surface area contributed by atoms with Gasteiger partial charge in [0.15, 0.2) is 0 Å². The second kappa shape index (κ2) is 8.80. The van der Waals surface area contributed by atoms with Crippen LogP contribution in [-0.4, -0.2) is 16.4 Å². The number of carbonyl (C=O) groups excluding carboxylic acids is 2. The summed E-state index contributed by atoms with van der Waals surface area (Å²) >= 11 is 0. The number of aromatic nitrogens is 1. The van der Waals surface area contributed by atoms with E-state index < -0.39 is 11.8 Å². The van der Waals surface area contributed by atoms with Gasteiger partial charge in [0.25, 0.3) is 11.8 Å². The SMILES string of the molecule is N#Cc1cccc2c3cccc(C#N)c3n(-c3cccc4c3C(=O)N(c3ccccc3-c3ccccc3)C4=O)c12. The van der Waals surface area contributed by atoms with E-state index >= 15 is 0 Å². The molecule has 0 bridgehead atoms. The molecule has 6 nitrogen and oxygen atoms in total. The summed E-state index contributed by atoms with van der Waals surface area (Å²) in [6.45, 7) is 0. The lowest BCUT2D eigenvalue weighted by molar-refractivity contribution is 0.0926. The van der Waals surface area contributed by atoms with Crippen molar-refractivity contribution in [1.29, 1.82) is 10.5 Å². The molecule has 186 valence electrons. The van der Waals surface area contributed by atoms with E-state index in [1.165, 1.54) is 4.90 Å². The van der Waals surface area contributed by atoms with Crippen molar-refractivity contribution in [3.05, 3.63) is 131 Å². The number of hydrogen-bond donors (Lipinski definition) is 0. The zero-order valence-electron chi connectivity index (χ0n) is 21.0. The van der Waals surface area contributed by atoms with Crippen LogP contribution in [0.2, 0.25) is 0 Å². The highest BCUT2D eigenvalue weighted by atomic mass is 16.2. The highest BCUT2D eigenvalue weighted by Gasteiger charge is 2.40. The van der Waals surface area contributed by atoms with Gasteiger partial charge in [-0.3, -0.25) is 9.59 Å². The van der Waals surface area contributed by atoms with E-state index in [-0.39, 0.29) is 11.1 Å². The summed E-state index contributed by atoms with van der Waals surface area (Å²) in [4.78, 5) is 29.4. The topological polar surface area (TPSA) is 89.9 Å². The first-order valence-electron chi connectivity index (χ1n) is 12.7. The van der Waals surface area contributed by atoms with Gasteiger partial charge in [0.2, 0.25) is 0 Å². The number of amides is 2. The van der Waals surface area contributed by atoms with E-state index in [9.17, 15) is 20.1 Å². The molecule has 40 heavy (non-hydrogen) atoms. The fraction of sp³-hybridized carbons (Fsp3) is 0. The van der Waals surface area contributed by atoms with Crippen LogP contribution in [0.4, 0.5) is 5.69 Å². The smallest absolute Gasteiger partial charge is 0.268 e. The van der Waals surface area contributed by atoms with Crippen LogP contribution in [0.5, 0.6) is 0 Å². The molecule has 2 heterocycles. The van der Waals surface area contributed by atoms with Gasteiger partial charge in [-0.25, -0.2) is 4.90 Å². The van der Waals surface area contributed by atoms with E-state index in [1.54, 1.807) is 59.2 Å². The minimum absolute atomic E-state index is 0.231. The molecule has 0 unspecified atom stereocenters. The second-order valence-electron chi connectivity index (χ2n) is 9.49. The largest absolute Gasteiger partial charge is 0.306 e. The van der Waals surface area contributed by atoms with Gasteiger partial charge < -0.3 is 4.57 Å². The van der Waals surface area contributed by atoms with Crippen LogP contribution in [0, 0.1) is 22.7 Å². The van der Waals surface area contributed by atoms with Gasteiger partial charge in [0.05, 0.1) is 44.7 Å². The molecule has 1 aromatic heterocycles. The first-order valence-corrected chi connectivity index (χ1v) is 12.7. The van der Waals surface area contributed by atoms with Gasteiger partial charge in [-0.1, -0.05) is 78.9 Å². The van der Waals surface area contributed by atoms with Crippen molar-refractivity contribution in [3.63, 3.8) is 0 Å². The Morgan fingerprint density at radius 3 is 1.73 bits per heavy atom. The molecular formula is C34H18N4O2. The van der Waals surface area contributed by atoms with Gasteiger partial charge in [0, 0.05) is 16.3 Å². The maximum absolute atomic E-state index is 14.3. The Labute approximate surface area is 229 Å². The molecule has 0 saturated carbocycles. The van der Waals surface area contributed by atoms with Crippen LogP contribution in [0.3, 0.4) is 0 Å². The van der Waals surface area contributed by atoms with Crippen molar-refractivity contribution in [3.8, 4) is 29.0 Å². The Morgan fingerprint density at radius 2 is 1.07 bits per heavy atom. The Morgan fingerprint density at radius 1 is 0.525 bits per heavy atom. The minimum atomic E-state index is -0.460. The van der Waals surface area contributed by atoms with Crippen LogP contribution in [0.25, 0.3) is 38.6 Å². The zero-order chi connectivity index (χ0) is 27.4. The van der Waals surface area contributed by atoms with Gasteiger partial charge >= 0.3 is 0 Å². The van der Waals surface area contributed by atoms with E-state index in [0.29, 0.717) is 33.5 Å². The van der Waals surface area contributed by atoms with Crippen LogP contribution in [-0.2, 0) is 0 Å². The van der Waals surface area contributed by atoms with Crippen LogP contribution >= 0.6 is 0 Å². The number of fused-ring (bicyclic) bond motifs is 4. The summed E-state index contributed by atoms with van der Waals surface area (Å²) in [6, 6.07) is 37.4. The Bertz CT molecular complexity index is 2060. The third-order valence-electron chi connectivity index (χ3n) is 7.41. The van der Waals surface area contributed by atoms with Crippen LogP contribution in [0.1, 0.15) is 31.8 Å². The number of rotatable bonds is 3. The van der Waals surface area contributed by atoms with Gasteiger partial charge in [-0.05, 0) is 35.9 Å². The molecule has 0 N–H and O–H groups in total. The lowest BCUT2D eigenvalue weighted by Gasteiger charge is -2.19. The first kappa shape index (κ1) is 23.2. The highest BCUT2D eigenvalue weighted by Crippen LogP contribution is 2.41. The summed E-state index contributed by atoms with van der Waals surface area (Å²) in [7, 11) is 0. The lowest BCUT2D eigenvalue weighted by atomic mass is 10.0. The fourth-order valence-electron chi connectivity index (χ4n) is 5.74. The highest BCUT2D eigenvalue weighted by molar-refractivity contribution is 6.36. The van der Waals surface area contributed by atoms with Crippen molar-refractivity contribution < 1.29 is 9.59 Å². The minimum Gasteiger partial charge on any atom is -0.306 e. The average Bonchev–Trinajstić information content (AvgIpc) is 3.49. The van der Waals surface area contributed by atoms with Crippen LogP contribution < -0.4 is 4.90 Å². The van der Waals surface area contributed by atoms with Gasteiger partial charge in [-0.15, -0.1) is 0 Å². The molecule has 1 aliphatic rings. The molecule has 5 aromatic carbocycles. The van der Waals surface area contributed by atoms with Crippen molar-refractivity contribution in [1.82, 2.24) is 4.57 Å². The Kier molecular flexibility index (Phi) is 5.10. The summed E-state index contributed by atoms with van der Waals surface area (Å²) in [5, 5.41) is 21.6. The molecule has 0 spiro atoms. The molecule has 2 amide bonds. The molecule has 1 aliphatic heterocycles. The average molecular weight is 515 g/mol. The van der Waals surface area contributed by atoms with Gasteiger partial charge in [0.1, 0.15) is 12.1 Å². The Balaban J connectivity index is 1.52. The number of imide groups is 1. The van der Waals surface area contributed by atoms with Crippen molar-refractivity contribution in [2.45, 2.75) is 0 Å². The van der Waals surface area contributed by atoms with E-state index in [0.717, 1.165) is 21.9 Å². The summed E-state index contributed by atoms with van der Waals surface area (Å²) in [5.74, 6) is -0.884. The van der Waals surface area contributed by atoms with E-state index in [4.69, 9.17) is 0 Å². The molecule has 0 fully saturated rings. The normalized spacial score (nSPS) is 12.5. The molecule has 0 atom stereocenters. The second-order valence-corrected chi connectivity index (χ2v) is 9.49. The monoisotopic (exact) mass is 514 g/mol. The summed E-state index contributed by atoms with van der Waals surface area (Å²) in [5.41, 5.74) is 5.04. The first-order chi connectivity index (χ1) is 19.6. The number of anilines is 1. The Hall–Kier alpha value is -5.98. The van der Waals surface area contributed by atoms with Crippen molar-refractivity contribution in [2.75, 3.05) is 4.90 Å². The molecule has 0 radical (unpaired) electrons. The van der Waals surface area contributed by atoms with E-state index in [1.807, 2.05) is 54.6 Å². The van der Waals surface area contributed by atoms with Gasteiger partial charge in [-0.2, -0.15) is 10.5 Å². The number of hydrogen-bond acceptors (Lipinski definition) is 4. The molecule has 0 aliphatic carbocycles. The van der Waals surface area contributed by atoms with Crippen molar-refractivity contribution in [2.24, 2.45) is 0 Å². The third-order valence-corrected chi connectivity index (χ3v) is 7.41. The number of carbonyl (C=O) groups is 2. The maximum Gasteiger partial charge on any atom is 0.268 e. The summed E-state index contributed by atoms with van der Waals surface area (Å²) < 4.78 is 1.79. The predicted molar refractivity (Wildman–Crippen MR) is 153 cm³/mol. The third kappa shape index (κ3) is 3.14. The molecular weight excluding hydrogens is 496 g/mol. The molecule has 6 aromatic rings. The molecule has 0 saturated heterocycles. The number of benzene rings is 5. The number of nitriles is 2. The number of nitrogens with zero attached hydrogens (tertiary/aromatic N) is 4. The summed E-state index contributed by atoms with van der Waals surface area (Å²) in [6.07, 6.45) is 0. The quantitative estimate of drug-likeness (QED) is 0.238. The van der Waals surface area contributed by atoms with E-state index in [2.05, 4.69) is 12.1 Å². The predicted octanol–water partition coefficient (Wildman–Crippen LogP) is 6.99. The van der Waals surface area contributed by atoms with Crippen molar-refractivity contribution >= 4 is 39.3 Å². The molecule has 7 rings (SSSR count). The lowest BCUT2D eigenvalue weighted by Crippen LogP contribution is -2.30. The zero-order valence-corrected chi connectivity index (χ0v) is 21.0. The van der Waals surface area contributed by atoms with Crippen LogP contribution in [0.15, 0.2) is 109 Å². The standard InChI is InChI=1S/C34H18N4O2/c35-19-22-11-6-14-25-26-15-7-12-23(20-36)32(26)37(31(22)25)29-18-8-16-27-30(29)34(40)38(33(27)39)28-17-5-4-13-24(28)21-9-2-1-3-10-21/h1-18H. The fourth-order valence-corrected chi connectivity index (χ4v) is 5.74. The number of para-hydroxylation sites is 3.